The first-order valence-electron chi connectivity index (χ1n) is 7.44. The molecule has 1 N–H and O–H groups in total. The fraction of sp³-hybridized carbons (Fsp3) is 0.500. The SMILES string of the molecule is COc1cncc(/C=C/C(=O)N[C@H]2CN3CCC2CC3)c1. The molecular formula is C16H21N3O2. The predicted molar refractivity (Wildman–Crippen MR) is 80.9 cm³/mol. The summed E-state index contributed by atoms with van der Waals surface area (Å²) in [7, 11) is 1.60. The van der Waals surface area contributed by atoms with Crippen LogP contribution >= 0.6 is 0 Å². The Balaban J connectivity index is 1.57. The zero-order valence-corrected chi connectivity index (χ0v) is 12.3. The number of piperidine rings is 3. The van der Waals surface area contributed by atoms with E-state index >= 15 is 0 Å². The Morgan fingerprint density at radius 2 is 2.24 bits per heavy atom. The number of hydrogen-bond donors (Lipinski definition) is 1. The quantitative estimate of drug-likeness (QED) is 0.849. The third-order valence-electron chi connectivity index (χ3n) is 4.38. The van der Waals surface area contributed by atoms with Crippen LogP contribution in [0.5, 0.6) is 5.75 Å². The number of carbonyl (C=O) groups is 1. The fourth-order valence-corrected chi connectivity index (χ4v) is 3.17. The van der Waals surface area contributed by atoms with Crippen LogP contribution in [-0.2, 0) is 4.79 Å². The summed E-state index contributed by atoms with van der Waals surface area (Å²) >= 11 is 0. The molecule has 3 fully saturated rings. The molecule has 4 heterocycles. The summed E-state index contributed by atoms with van der Waals surface area (Å²) in [6, 6.07) is 2.15. The van der Waals surface area contributed by atoms with Crippen LogP contribution in [0.4, 0.5) is 0 Å². The Bertz CT molecular complexity index is 536. The van der Waals surface area contributed by atoms with E-state index in [1.807, 2.05) is 6.07 Å². The van der Waals surface area contributed by atoms with Gasteiger partial charge in [0.15, 0.2) is 0 Å². The number of nitrogens with one attached hydrogen (secondary N) is 1. The van der Waals surface area contributed by atoms with Gasteiger partial charge in [0.05, 0.1) is 13.3 Å². The second-order valence-electron chi connectivity index (χ2n) is 5.74. The Kier molecular flexibility index (Phi) is 4.20. The van der Waals surface area contributed by atoms with Crippen molar-refractivity contribution in [2.45, 2.75) is 18.9 Å². The number of fused-ring (bicyclic) bond motifs is 3. The van der Waals surface area contributed by atoms with Crippen molar-refractivity contribution in [1.29, 1.82) is 0 Å². The molecule has 0 aliphatic carbocycles. The first kappa shape index (κ1) is 14.1. The smallest absolute Gasteiger partial charge is 0.244 e. The third-order valence-corrected chi connectivity index (χ3v) is 4.38. The van der Waals surface area contributed by atoms with Gasteiger partial charge >= 0.3 is 0 Å². The molecule has 1 atom stereocenters. The number of pyridine rings is 1. The van der Waals surface area contributed by atoms with Crippen LogP contribution in [0.3, 0.4) is 0 Å². The molecule has 2 bridgehead atoms. The molecule has 3 aliphatic heterocycles. The van der Waals surface area contributed by atoms with Crippen LogP contribution < -0.4 is 10.1 Å². The zero-order valence-electron chi connectivity index (χ0n) is 12.3. The Labute approximate surface area is 125 Å². The summed E-state index contributed by atoms with van der Waals surface area (Å²) in [6.45, 7) is 3.36. The van der Waals surface area contributed by atoms with Gasteiger partial charge in [0, 0.05) is 24.9 Å². The molecule has 5 nitrogen and oxygen atoms in total. The van der Waals surface area contributed by atoms with Gasteiger partial charge in [-0.25, -0.2) is 0 Å². The lowest BCUT2D eigenvalue weighted by Crippen LogP contribution is -2.57. The Hall–Kier alpha value is -1.88. The van der Waals surface area contributed by atoms with Crippen LogP contribution in [0.2, 0.25) is 0 Å². The predicted octanol–water partition coefficient (Wildman–Crippen LogP) is 1.31. The average molecular weight is 287 g/mol. The number of amides is 1. The van der Waals surface area contributed by atoms with E-state index in [-0.39, 0.29) is 5.91 Å². The number of methoxy groups -OCH3 is 1. The topological polar surface area (TPSA) is 54.5 Å². The van der Waals surface area contributed by atoms with E-state index in [0.717, 1.165) is 12.1 Å². The first-order valence-corrected chi connectivity index (χ1v) is 7.44. The molecule has 0 saturated carbocycles. The molecule has 112 valence electrons. The number of aromatic nitrogens is 1. The van der Waals surface area contributed by atoms with Gasteiger partial charge in [-0.15, -0.1) is 0 Å². The lowest BCUT2D eigenvalue weighted by Gasteiger charge is -2.44. The molecule has 5 heteroatoms. The highest BCUT2D eigenvalue weighted by molar-refractivity contribution is 5.91. The van der Waals surface area contributed by atoms with E-state index < -0.39 is 0 Å². The van der Waals surface area contributed by atoms with Crippen molar-refractivity contribution < 1.29 is 9.53 Å². The van der Waals surface area contributed by atoms with E-state index in [0.29, 0.717) is 17.7 Å². The summed E-state index contributed by atoms with van der Waals surface area (Å²) in [5, 5.41) is 3.13. The monoisotopic (exact) mass is 287 g/mol. The maximum Gasteiger partial charge on any atom is 0.244 e. The van der Waals surface area contributed by atoms with E-state index in [1.54, 1.807) is 31.7 Å². The van der Waals surface area contributed by atoms with E-state index in [4.69, 9.17) is 4.74 Å². The minimum absolute atomic E-state index is 0.0310. The molecule has 3 aliphatic rings. The minimum atomic E-state index is -0.0310. The molecule has 1 aromatic heterocycles. The van der Waals surface area contributed by atoms with Crippen molar-refractivity contribution in [2.24, 2.45) is 5.92 Å². The maximum absolute atomic E-state index is 12.0. The van der Waals surface area contributed by atoms with Crippen molar-refractivity contribution in [2.75, 3.05) is 26.7 Å². The molecule has 0 aromatic carbocycles. The lowest BCUT2D eigenvalue weighted by atomic mass is 9.84. The molecule has 0 radical (unpaired) electrons. The van der Waals surface area contributed by atoms with E-state index in [2.05, 4.69) is 15.2 Å². The molecule has 0 unspecified atom stereocenters. The van der Waals surface area contributed by atoms with Gasteiger partial charge in [-0.05, 0) is 49.6 Å². The molecule has 1 aromatic rings. The van der Waals surface area contributed by atoms with Crippen molar-refractivity contribution in [3.63, 3.8) is 0 Å². The van der Waals surface area contributed by atoms with Crippen LogP contribution in [0.25, 0.3) is 6.08 Å². The summed E-state index contributed by atoms with van der Waals surface area (Å²) in [4.78, 5) is 18.5. The molecule has 0 spiro atoms. The van der Waals surface area contributed by atoms with Gasteiger partial charge < -0.3 is 15.0 Å². The summed E-state index contributed by atoms with van der Waals surface area (Å²) in [5.41, 5.74) is 0.860. The average Bonchev–Trinajstić information content (AvgIpc) is 2.54. The van der Waals surface area contributed by atoms with Gasteiger partial charge in [0.25, 0.3) is 0 Å². The van der Waals surface area contributed by atoms with Gasteiger partial charge in [-0.2, -0.15) is 0 Å². The fourth-order valence-electron chi connectivity index (χ4n) is 3.17. The normalized spacial score (nSPS) is 27.8. The zero-order chi connectivity index (χ0) is 14.7. The van der Waals surface area contributed by atoms with Crippen LogP contribution in [0.15, 0.2) is 24.5 Å². The lowest BCUT2D eigenvalue weighted by molar-refractivity contribution is -0.118. The van der Waals surface area contributed by atoms with E-state index in [1.165, 1.54) is 25.9 Å². The highest BCUT2D eigenvalue weighted by atomic mass is 16.5. The number of nitrogens with zero attached hydrogens (tertiary/aromatic N) is 2. The van der Waals surface area contributed by atoms with Gasteiger partial charge in [0.2, 0.25) is 5.91 Å². The Morgan fingerprint density at radius 3 is 2.90 bits per heavy atom. The standard InChI is InChI=1S/C16H21N3O2/c1-21-14-8-12(9-17-10-14)2-3-16(20)18-15-11-19-6-4-13(15)5-7-19/h2-3,8-10,13,15H,4-7,11H2,1H3,(H,18,20)/b3-2+/t15-/m0/s1. The first-order chi connectivity index (χ1) is 10.2. The van der Waals surface area contributed by atoms with Crippen LogP contribution in [0, 0.1) is 5.92 Å². The number of ether oxygens (including phenoxy) is 1. The van der Waals surface area contributed by atoms with Gasteiger partial charge in [0.1, 0.15) is 5.75 Å². The van der Waals surface area contributed by atoms with Gasteiger partial charge in [-0.1, -0.05) is 0 Å². The van der Waals surface area contributed by atoms with Crippen molar-refractivity contribution >= 4 is 12.0 Å². The molecule has 4 rings (SSSR count). The summed E-state index contributed by atoms with van der Waals surface area (Å²) < 4.78 is 5.11. The maximum atomic E-state index is 12.0. The molecular weight excluding hydrogens is 266 g/mol. The molecule has 3 saturated heterocycles. The van der Waals surface area contributed by atoms with Crippen LogP contribution in [-0.4, -0.2) is 48.6 Å². The second-order valence-corrected chi connectivity index (χ2v) is 5.74. The highest BCUT2D eigenvalue weighted by Crippen LogP contribution is 2.27. The van der Waals surface area contributed by atoms with Gasteiger partial charge in [-0.3, -0.25) is 9.78 Å². The van der Waals surface area contributed by atoms with E-state index in [9.17, 15) is 4.79 Å². The summed E-state index contributed by atoms with van der Waals surface area (Å²) in [5.74, 6) is 1.30. The highest BCUT2D eigenvalue weighted by Gasteiger charge is 2.34. The number of rotatable bonds is 4. The van der Waals surface area contributed by atoms with Crippen molar-refractivity contribution in [3.8, 4) is 5.75 Å². The molecule has 1 amide bonds. The second kappa shape index (κ2) is 6.26. The van der Waals surface area contributed by atoms with Crippen molar-refractivity contribution in [1.82, 2.24) is 15.2 Å². The largest absolute Gasteiger partial charge is 0.495 e. The van der Waals surface area contributed by atoms with Crippen LogP contribution in [0.1, 0.15) is 18.4 Å². The Morgan fingerprint density at radius 1 is 1.43 bits per heavy atom. The number of hydrogen-bond acceptors (Lipinski definition) is 4. The van der Waals surface area contributed by atoms with Crippen molar-refractivity contribution in [3.05, 3.63) is 30.1 Å². The third kappa shape index (κ3) is 3.42. The number of carbonyl (C=O) groups excluding carboxylic acids is 1. The minimum Gasteiger partial charge on any atom is -0.495 e. The summed E-state index contributed by atoms with van der Waals surface area (Å²) in [6.07, 6.45) is 9.11. The molecule has 21 heavy (non-hydrogen) atoms.